The fourth-order valence-corrected chi connectivity index (χ4v) is 4.96. The highest BCUT2D eigenvalue weighted by molar-refractivity contribution is 6.13. The Labute approximate surface area is 258 Å². The van der Waals surface area contributed by atoms with E-state index in [0.29, 0.717) is 42.6 Å². The molecule has 1 aromatic heterocycles. The molecule has 5 aromatic rings. The fraction of sp³-hybridized carbons (Fsp3) is 0.200. The van der Waals surface area contributed by atoms with Crippen LogP contribution in [-0.4, -0.2) is 38.1 Å². The maximum atomic E-state index is 6.04. The average molecular weight is 598 g/mol. The molecule has 7 nitrogen and oxygen atoms in total. The van der Waals surface area contributed by atoms with Gasteiger partial charge >= 0.3 is 0 Å². The molecule has 0 aliphatic carbocycles. The molecular weight excluding hydrogens is 562 g/mol. The number of hydrazone groups is 1. The summed E-state index contributed by atoms with van der Waals surface area (Å²) in [6.07, 6.45) is 4.35. The molecule has 0 saturated heterocycles. The van der Waals surface area contributed by atoms with E-state index in [0.717, 1.165) is 44.4 Å². The van der Waals surface area contributed by atoms with Gasteiger partial charge in [-0.25, -0.2) is 0 Å². The third-order valence-corrected chi connectivity index (χ3v) is 6.86. The number of aromatic nitrogens is 1. The molecule has 0 bridgehead atoms. The number of anilines is 1. The first-order valence-corrected chi connectivity index (χ1v) is 14.0. The lowest BCUT2D eigenvalue weighted by Gasteiger charge is -2.17. The van der Waals surface area contributed by atoms with E-state index in [1.807, 2.05) is 80.8 Å². The lowest BCUT2D eigenvalue weighted by atomic mass is 9.99. The van der Waals surface area contributed by atoms with Gasteiger partial charge < -0.3 is 18.9 Å². The maximum Gasteiger partial charge on any atom is 0.203 e. The van der Waals surface area contributed by atoms with E-state index in [1.54, 1.807) is 14.2 Å². The van der Waals surface area contributed by atoms with Crippen LogP contribution in [0.2, 0.25) is 0 Å². The number of rotatable bonds is 12. The summed E-state index contributed by atoms with van der Waals surface area (Å²) in [6, 6.07) is 28.3. The summed E-state index contributed by atoms with van der Waals surface area (Å²) in [5.41, 5.74) is 9.01. The topological polar surface area (TPSA) is 74.2 Å². The standard InChI is InChI=1S/C35H35N3O4.ClH/c1-5-41-30-18-17-28-27(19-24-20-31(39-3)35(42-6-2)32(21-24)40-4)22-36-23-29(28)34(30)38-37-33(25-13-9-7-10-14-25)26-15-11-8-12-16-26;/h7-18,20-23,38H,5-6,19H2,1-4H3;1H. The van der Waals surface area contributed by atoms with Crippen molar-refractivity contribution in [2.75, 3.05) is 32.9 Å². The smallest absolute Gasteiger partial charge is 0.203 e. The van der Waals surface area contributed by atoms with Crippen LogP contribution in [0, 0.1) is 0 Å². The molecule has 0 aliphatic heterocycles. The minimum Gasteiger partial charge on any atom is -0.493 e. The number of nitrogens with zero attached hydrogens (tertiary/aromatic N) is 2. The van der Waals surface area contributed by atoms with Crippen molar-refractivity contribution in [3.8, 4) is 23.0 Å². The van der Waals surface area contributed by atoms with Crippen LogP contribution in [0.1, 0.15) is 36.1 Å². The number of nitrogens with one attached hydrogen (secondary N) is 1. The van der Waals surface area contributed by atoms with Gasteiger partial charge in [0.2, 0.25) is 5.75 Å². The van der Waals surface area contributed by atoms with Gasteiger partial charge in [0, 0.05) is 28.9 Å². The van der Waals surface area contributed by atoms with Crippen molar-refractivity contribution in [3.05, 3.63) is 120 Å². The highest BCUT2D eigenvalue weighted by Crippen LogP contribution is 2.40. The van der Waals surface area contributed by atoms with E-state index in [1.165, 1.54) is 0 Å². The second-order valence-corrected chi connectivity index (χ2v) is 9.51. The Kier molecular flexibility index (Phi) is 10.8. The molecule has 1 N–H and O–H groups in total. The second-order valence-electron chi connectivity index (χ2n) is 9.51. The molecule has 8 heteroatoms. The fourth-order valence-electron chi connectivity index (χ4n) is 4.96. The van der Waals surface area contributed by atoms with Gasteiger partial charge in [-0.15, -0.1) is 12.4 Å². The molecular formula is C35H36ClN3O4. The first-order chi connectivity index (χ1) is 20.7. The third kappa shape index (κ3) is 7.01. The molecule has 43 heavy (non-hydrogen) atoms. The van der Waals surface area contributed by atoms with E-state index in [-0.39, 0.29) is 12.4 Å². The predicted octanol–water partition coefficient (Wildman–Crippen LogP) is 7.93. The van der Waals surface area contributed by atoms with Crippen LogP contribution in [0.4, 0.5) is 5.69 Å². The van der Waals surface area contributed by atoms with Crippen molar-refractivity contribution in [1.82, 2.24) is 4.98 Å². The number of halogens is 1. The van der Waals surface area contributed by atoms with Gasteiger partial charge in [-0.05, 0) is 55.0 Å². The van der Waals surface area contributed by atoms with Gasteiger partial charge in [-0.2, -0.15) is 5.10 Å². The van der Waals surface area contributed by atoms with Gasteiger partial charge in [0.1, 0.15) is 11.4 Å². The quantitative estimate of drug-likeness (QED) is 0.116. The molecule has 222 valence electrons. The van der Waals surface area contributed by atoms with Crippen LogP contribution in [0.15, 0.2) is 102 Å². The van der Waals surface area contributed by atoms with E-state index >= 15 is 0 Å². The largest absolute Gasteiger partial charge is 0.493 e. The van der Waals surface area contributed by atoms with Gasteiger partial charge in [0.05, 0.1) is 33.1 Å². The van der Waals surface area contributed by atoms with Crippen LogP contribution in [-0.2, 0) is 6.42 Å². The van der Waals surface area contributed by atoms with E-state index < -0.39 is 0 Å². The number of pyridine rings is 1. The normalized spacial score (nSPS) is 10.4. The lowest BCUT2D eigenvalue weighted by molar-refractivity contribution is 0.288. The number of benzene rings is 4. The molecule has 0 saturated carbocycles. The number of fused-ring (bicyclic) bond motifs is 1. The van der Waals surface area contributed by atoms with Crippen LogP contribution in [0.3, 0.4) is 0 Å². The summed E-state index contributed by atoms with van der Waals surface area (Å²) >= 11 is 0. The SMILES string of the molecule is CCOc1ccc2c(Cc3cc(OC)c(OCC)c(OC)c3)cncc2c1NN=C(c1ccccc1)c1ccccc1.Cl. The molecule has 0 fully saturated rings. The van der Waals surface area contributed by atoms with Crippen molar-refractivity contribution in [1.29, 1.82) is 0 Å². The molecule has 0 radical (unpaired) electrons. The number of hydrogen-bond donors (Lipinski definition) is 1. The van der Waals surface area contributed by atoms with Crippen molar-refractivity contribution >= 4 is 34.6 Å². The zero-order valence-electron chi connectivity index (χ0n) is 24.8. The summed E-state index contributed by atoms with van der Waals surface area (Å²) in [5, 5.41) is 6.88. The van der Waals surface area contributed by atoms with E-state index in [9.17, 15) is 0 Å². The van der Waals surface area contributed by atoms with Gasteiger partial charge in [0.25, 0.3) is 0 Å². The maximum absolute atomic E-state index is 6.04. The average Bonchev–Trinajstić information content (AvgIpc) is 3.03. The second kappa shape index (κ2) is 14.9. The number of methoxy groups -OCH3 is 2. The zero-order chi connectivity index (χ0) is 29.3. The van der Waals surface area contributed by atoms with Crippen LogP contribution in [0.5, 0.6) is 23.0 Å². The molecule has 0 spiro atoms. The Balaban J connectivity index is 0.00000423. The summed E-state index contributed by atoms with van der Waals surface area (Å²) in [6.45, 7) is 4.93. The molecule has 1 heterocycles. The number of ether oxygens (including phenoxy) is 4. The molecule has 4 aromatic carbocycles. The predicted molar refractivity (Wildman–Crippen MR) is 176 cm³/mol. The summed E-state index contributed by atoms with van der Waals surface area (Å²) in [4.78, 5) is 4.62. The monoisotopic (exact) mass is 597 g/mol. The van der Waals surface area contributed by atoms with E-state index in [2.05, 4.69) is 40.7 Å². The molecule has 0 atom stereocenters. The summed E-state index contributed by atoms with van der Waals surface area (Å²) in [7, 11) is 3.26. The van der Waals surface area contributed by atoms with Crippen molar-refractivity contribution in [2.24, 2.45) is 5.10 Å². The highest BCUT2D eigenvalue weighted by atomic mass is 35.5. The zero-order valence-corrected chi connectivity index (χ0v) is 25.6. The molecule has 0 aliphatic rings. The molecule has 5 rings (SSSR count). The molecule has 0 amide bonds. The highest BCUT2D eigenvalue weighted by Gasteiger charge is 2.17. The Morgan fingerprint density at radius 3 is 1.88 bits per heavy atom. The van der Waals surface area contributed by atoms with Crippen molar-refractivity contribution in [2.45, 2.75) is 20.3 Å². The van der Waals surface area contributed by atoms with Crippen molar-refractivity contribution < 1.29 is 18.9 Å². The van der Waals surface area contributed by atoms with Crippen LogP contribution in [0.25, 0.3) is 10.8 Å². The van der Waals surface area contributed by atoms with Gasteiger partial charge in [0.15, 0.2) is 11.5 Å². The third-order valence-electron chi connectivity index (χ3n) is 6.86. The van der Waals surface area contributed by atoms with Crippen LogP contribution < -0.4 is 24.4 Å². The Morgan fingerprint density at radius 2 is 1.33 bits per heavy atom. The Hall–Kier alpha value is -4.75. The Morgan fingerprint density at radius 1 is 0.721 bits per heavy atom. The first-order valence-electron chi connectivity index (χ1n) is 14.0. The van der Waals surface area contributed by atoms with E-state index in [4.69, 9.17) is 24.0 Å². The minimum atomic E-state index is 0. The lowest BCUT2D eigenvalue weighted by Crippen LogP contribution is -2.07. The van der Waals surface area contributed by atoms with Gasteiger partial charge in [-0.1, -0.05) is 66.7 Å². The Bertz CT molecular complexity index is 1610. The summed E-state index contributed by atoms with van der Waals surface area (Å²) in [5.74, 6) is 2.56. The number of hydrogen-bond acceptors (Lipinski definition) is 7. The molecule has 0 unspecified atom stereocenters. The van der Waals surface area contributed by atoms with Crippen LogP contribution >= 0.6 is 12.4 Å². The minimum absolute atomic E-state index is 0. The summed E-state index contributed by atoms with van der Waals surface area (Å²) < 4.78 is 23.1. The first kappa shape index (κ1) is 31.2. The van der Waals surface area contributed by atoms with Gasteiger partial charge in [-0.3, -0.25) is 10.4 Å². The van der Waals surface area contributed by atoms with Crippen molar-refractivity contribution in [3.63, 3.8) is 0 Å².